The molecule has 7 aromatic rings. The average Bonchev–Trinajstić information content (AvgIpc) is 2.99. The van der Waals surface area contributed by atoms with E-state index < -0.39 is 0 Å². The van der Waals surface area contributed by atoms with Crippen molar-refractivity contribution in [3.8, 4) is 22.3 Å². The summed E-state index contributed by atoms with van der Waals surface area (Å²) in [4.78, 5) is 27.0. The lowest BCUT2D eigenvalue weighted by molar-refractivity contribution is 0.103. The fourth-order valence-electron chi connectivity index (χ4n) is 6.84. The normalized spacial score (nSPS) is 13.1. The Morgan fingerprint density at radius 1 is 0.316 bits per heavy atom. The number of carbonyl (C=O) groups excluding carboxylic acids is 2. The summed E-state index contributed by atoms with van der Waals surface area (Å²) in [6.07, 6.45) is 0. The maximum atomic E-state index is 13.5. The number of halogens is 2. The molecule has 38 heavy (non-hydrogen) atoms. The van der Waals surface area contributed by atoms with Crippen LogP contribution in [0.3, 0.4) is 0 Å². The van der Waals surface area contributed by atoms with Gasteiger partial charge in [-0.1, -0.05) is 84.9 Å². The Morgan fingerprint density at radius 3 is 1.00 bits per heavy atom. The smallest absolute Gasteiger partial charge is 0.194 e. The summed E-state index contributed by atoms with van der Waals surface area (Å²) in [5.74, 6) is 0.167. The maximum absolute atomic E-state index is 13.5. The molecule has 0 aromatic heterocycles. The molecule has 0 radical (unpaired) electrons. The summed E-state index contributed by atoms with van der Waals surface area (Å²) in [5, 5.41) is 8.83. The highest BCUT2D eigenvalue weighted by Gasteiger charge is 2.30. The van der Waals surface area contributed by atoms with Crippen molar-refractivity contribution >= 4 is 76.4 Å². The SMILES string of the molecule is ClCl.O=C1c2ccccc2-c2ccc3c4ccc5c6c(ccc(c7ccc1c2c73)c64)-c1ccccc1C5=O. The van der Waals surface area contributed by atoms with Crippen molar-refractivity contribution in [1.29, 1.82) is 0 Å². The number of hydrogen-bond donors (Lipinski definition) is 0. The second-order valence-electron chi connectivity index (χ2n) is 9.89. The van der Waals surface area contributed by atoms with Crippen LogP contribution < -0.4 is 0 Å². The van der Waals surface area contributed by atoms with Crippen molar-refractivity contribution in [2.24, 2.45) is 0 Å². The topological polar surface area (TPSA) is 34.1 Å². The zero-order valence-corrected chi connectivity index (χ0v) is 21.3. The van der Waals surface area contributed by atoms with Crippen LogP contribution in [0.5, 0.6) is 0 Å². The Bertz CT molecular complexity index is 2020. The van der Waals surface area contributed by atoms with Crippen molar-refractivity contribution < 1.29 is 9.59 Å². The van der Waals surface area contributed by atoms with E-state index in [9.17, 15) is 9.59 Å². The van der Waals surface area contributed by atoms with E-state index in [2.05, 4.69) is 58.1 Å². The molecular formula is C34H16Cl2O2. The number of fused-ring (bicyclic) bond motifs is 6. The Labute approximate surface area is 226 Å². The second-order valence-corrected chi connectivity index (χ2v) is 9.89. The minimum Gasteiger partial charge on any atom is -0.289 e. The van der Waals surface area contributed by atoms with Gasteiger partial charge in [0.15, 0.2) is 11.6 Å². The molecule has 0 fully saturated rings. The third-order valence-corrected chi connectivity index (χ3v) is 8.31. The average molecular weight is 527 g/mol. The molecule has 178 valence electrons. The fourth-order valence-corrected chi connectivity index (χ4v) is 6.84. The molecule has 0 spiro atoms. The van der Waals surface area contributed by atoms with Crippen LogP contribution >= 0.6 is 21.7 Å². The minimum atomic E-state index is 0.0834. The lowest BCUT2D eigenvalue weighted by atomic mass is 9.77. The monoisotopic (exact) mass is 526 g/mol. The van der Waals surface area contributed by atoms with E-state index >= 15 is 0 Å². The van der Waals surface area contributed by atoms with Gasteiger partial charge in [0.25, 0.3) is 0 Å². The zero-order chi connectivity index (χ0) is 25.7. The van der Waals surface area contributed by atoms with Crippen molar-refractivity contribution in [3.63, 3.8) is 0 Å². The zero-order valence-electron chi connectivity index (χ0n) is 19.8. The molecule has 0 bridgehead atoms. The third-order valence-electron chi connectivity index (χ3n) is 8.31. The predicted octanol–water partition coefficient (Wildman–Crippen LogP) is 9.54. The molecule has 2 nitrogen and oxygen atoms in total. The Hall–Kier alpha value is -4.24. The Kier molecular flexibility index (Phi) is 4.39. The van der Waals surface area contributed by atoms with E-state index in [4.69, 9.17) is 0 Å². The van der Waals surface area contributed by atoms with Crippen LogP contribution in [0.25, 0.3) is 65.3 Å². The van der Waals surface area contributed by atoms with E-state index in [1.54, 1.807) is 0 Å². The van der Waals surface area contributed by atoms with Gasteiger partial charge in [-0.05, 0) is 66.7 Å². The van der Waals surface area contributed by atoms with Crippen LogP contribution in [0.2, 0.25) is 0 Å². The Morgan fingerprint density at radius 2 is 0.632 bits per heavy atom. The van der Waals surface area contributed by atoms with Gasteiger partial charge in [0.2, 0.25) is 0 Å². The summed E-state index contributed by atoms with van der Waals surface area (Å²) < 4.78 is 0. The molecule has 0 atom stereocenters. The van der Waals surface area contributed by atoms with E-state index in [1.165, 1.54) is 0 Å². The van der Waals surface area contributed by atoms with Crippen molar-refractivity contribution in [2.75, 3.05) is 0 Å². The highest BCUT2D eigenvalue weighted by Crippen LogP contribution is 2.50. The molecule has 0 N–H and O–H groups in total. The van der Waals surface area contributed by atoms with E-state index in [-0.39, 0.29) is 11.6 Å². The molecule has 7 aromatic carbocycles. The number of rotatable bonds is 0. The molecule has 2 aliphatic rings. The van der Waals surface area contributed by atoms with Crippen LogP contribution in [0.15, 0.2) is 97.1 Å². The third kappa shape index (κ3) is 2.49. The molecule has 0 unspecified atom stereocenters. The molecule has 0 amide bonds. The van der Waals surface area contributed by atoms with Gasteiger partial charge in [0.05, 0.1) is 0 Å². The fraction of sp³-hybridized carbons (Fsp3) is 0. The van der Waals surface area contributed by atoms with Gasteiger partial charge >= 0.3 is 0 Å². The molecule has 0 aliphatic heterocycles. The van der Waals surface area contributed by atoms with Crippen LogP contribution in [0.4, 0.5) is 0 Å². The lowest BCUT2D eigenvalue weighted by Gasteiger charge is -2.25. The highest BCUT2D eigenvalue weighted by molar-refractivity contribution is 6.85. The molecule has 2 aliphatic carbocycles. The standard InChI is InChI=1S/C34H16O2.Cl2/c35-33-25-7-3-1-5-17(25)19-9-11-21-24-14-16-28-32-20(18-6-2-4-8-26(18)34(28)36)10-12-22(30(24)32)23-13-15-27(33)31(19)29(21)23;1-2/h1-16H;. The number of carbonyl (C=O) groups is 2. The van der Waals surface area contributed by atoms with Crippen LogP contribution in [-0.2, 0) is 0 Å². The quantitative estimate of drug-likeness (QED) is 0.145. The molecule has 0 saturated carbocycles. The van der Waals surface area contributed by atoms with Crippen molar-refractivity contribution in [3.05, 3.63) is 119 Å². The van der Waals surface area contributed by atoms with Gasteiger partial charge in [-0.2, -0.15) is 0 Å². The molecule has 0 saturated heterocycles. The van der Waals surface area contributed by atoms with E-state index in [1.807, 2.05) is 60.7 Å². The van der Waals surface area contributed by atoms with Gasteiger partial charge in [-0.25, -0.2) is 0 Å². The second kappa shape index (κ2) is 7.64. The molecule has 0 heterocycles. The Balaban J connectivity index is 0.00000110. The highest BCUT2D eigenvalue weighted by atomic mass is 36.5. The molecular weight excluding hydrogens is 511 g/mol. The van der Waals surface area contributed by atoms with Crippen LogP contribution in [0, 0.1) is 0 Å². The van der Waals surface area contributed by atoms with Crippen LogP contribution in [0.1, 0.15) is 31.8 Å². The first-order chi connectivity index (χ1) is 18.7. The predicted molar refractivity (Wildman–Crippen MR) is 157 cm³/mol. The molecule has 9 rings (SSSR count). The first-order valence-corrected chi connectivity index (χ1v) is 13.5. The van der Waals surface area contributed by atoms with Crippen LogP contribution in [-0.4, -0.2) is 11.6 Å². The summed E-state index contributed by atoms with van der Waals surface area (Å²) in [6, 6.07) is 32.7. The number of hydrogen-bond acceptors (Lipinski definition) is 2. The summed E-state index contributed by atoms with van der Waals surface area (Å²) >= 11 is 0. The van der Waals surface area contributed by atoms with E-state index in [0.717, 1.165) is 87.6 Å². The lowest BCUT2D eigenvalue weighted by Crippen LogP contribution is -2.11. The summed E-state index contributed by atoms with van der Waals surface area (Å²) in [6.45, 7) is 0. The van der Waals surface area contributed by atoms with E-state index in [0.29, 0.717) is 0 Å². The van der Waals surface area contributed by atoms with Gasteiger partial charge in [-0.3, -0.25) is 9.59 Å². The first kappa shape index (κ1) is 21.8. The van der Waals surface area contributed by atoms with Gasteiger partial charge in [-0.15, -0.1) is 0 Å². The first-order valence-electron chi connectivity index (χ1n) is 12.3. The summed E-state index contributed by atoms with van der Waals surface area (Å²) in [5.41, 5.74) is 7.27. The minimum absolute atomic E-state index is 0.0834. The molecule has 4 heteroatoms. The summed E-state index contributed by atoms with van der Waals surface area (Å²) in [7, 11) is 8.22. The largest absolute Gasteiger partial charge is 0.289 e. The van der Waals surface area contributed by atoms with Gasteiger partial charge in [0, 0.05) is 54.7 Å². The maximum Gasteiger partial charge on any atom is 0.194 e. The number of ketones is 2. The van der Waals surface area contributed by atoms with Gasteiger partial charge < -0.3 is 0 Å². The van der Waals surface area contributed by atoms with Gasteiger partial charge in [0.1, 0.15) is 0 Å². The van der Waals surface area contributed by atoms with Crippen molar-refractivity contribution in [2.45, 2.75) is 0 Å². The van der Waals surface area contributed by atoms with Crippen molar-refractivity contribution in [1.82, 2.24) is 0 Å². The number of benzene rings is 7.